The lowest BCUT2D eigenvalue weighted by molar-refractivity contribution is -0.118. The van der Waals surface area contributed by atoms with Gasteiger partial charge in [-0.2, -0.15) is 0 Å². The molecule has 0 saturated carbocycles. The third kappa shape index (κ3) is 3.09. The van der Waals surface area contributed by atoms with E-state index in [1.54, 1.807) is 24.3 Å². The molecular formula is C10H11N3O2. The summed E-state index contributed by atoms with van der Waals surface area (Å²) < 4.78 is 0. The van der Waals surface area contributed by atoms with Gasteiger partial charge in [-0.25, -0.2) is 0 Å². The SMILES string of the molecule is CC(=O)C[C@@H](O)c1ccccc1N=[N+]=[N-]. The first-order valence-electron chi connectivity index (χ1n) is 4.46. The Kier molecular flexibility index (Phi) is 3.85. The molecule has 1 aromatic carbocycles. The third-order valence-corrected chi connectivity index (χ3v) is 1.93. The number of hydrogen-bond donors (Lipinski definition) is 1. The normalized spacial score (nSPS) is 11.6. The first-order valence-corrected chi connectivity index (χ1v) is 4.46. The highest BCUT2D eigenvalue weighted by Crippen LogP contribution is 2.27. The van der Waals surface area contributed by atoms with Gasteiger partial charge in [0.05, 0.1) is 6.10 Å². The minimum absolute atomic E-state index is 0.0258. The van der Waals surface area contributed by atoms with Crippen LogP contribution in [0.3, 0.4) is 0 Å². The second-order valence-corrected chi connectivity index (χ2v) is 3.17. The van der Waals surface area contributed by atoms with Crippen molar-refractivity contribution >= 4 is 11.5 Å². The Morgan fingerprint density at radius 3 is 2.87 bits per heavy atom. The second-order valence-electron chi connectivity index (χ2n) is 3.17. The van der Waals surface area contributed by atoms with E-state index in [2.05, 4.69) is 10.0 Å². The number of rotatable bonds is 4. The summed E-state index contributed by atoms with van der Waals surface area (Å²) in [5.74, 6) is -0.113. The van der Waals surface area contributed by atoms with Crippen LogP contribution in [-0.4, -0.2) is 10.9 Å². The first kappa shape index (κ1) is 11.2. The van der Waals surface area contributed by atoms with Gasteiger partial charge >= 0.3 is 0 Å². The molecule has 0 fully saturated rings. The molecule has 5 nitrogen and oxygen atoms in total. The monoisotopic (exact) mass is 205 g/mol. The molecule has 1 rings (SSSR count). The van der Waals surface area contributed by atoms with E-state index < -0.39 is 6.10 Å². The molecule has 0 aromatic heterocycles. The van der Waals surface area contributed by atoms with Gasteiger partial charge in [-0.1, -0.05) is 29.4 Å². The number of azide groups is 1. The summed E-state index contributed by atoms with van der Waals surface area (Å²) in [7, 11) is 0. The Hall–Kier alpha value is -1.84. The van der Waals surface area contributed by atoms with Crippen molar-refractivity contribution < 1.29 is 9.90 Å². The molecule has 0 spiro atoms. The van der Waals surface area contributed by atoms with Gasteiger partial charge < -0.3 is 5.11 Å². The molecule has 0 saturated heterocycles. The van der Waals surface area contributed by atoms with Gasteiger partial charge in [0.2, 0.25) is 0 Å². The van der Waals surface area contributed by atoms with Gasteiger partial charge in [0.15, 0.2) is 0 Å². The first-order chi connectivity index (χ1) is 7.15. The molecule has 0 amide bonds. The van der Waals surface area contributed by atoms with E-state index >= 15 is 0 Å². The lowest BCUT2D eigenvalue weighted by atomic mass is 10.0. The maximum atomic E-state index is 10.8. The van der Waals surface area contributed by atoms with Crippen molar-refractivity contribution in [2.45, 2.75) is 19.4 Å². The van der Waals surface area contributed by atoms with Crippen molar-refractivity contribution in [1.29, 1.82) is 0 Å². The summed E-state index contributed by atoms with van der Waals surface area (Å²) in [6.07, 6.45) is -0.887. The Balaban J connectivity index is 3.01. The number of aliphatic hydroxyl groups is 1. The van der Waals surface area contributed by atoms with Crippen LogP contribution in [0.15, 0.2) is 29.4 Å². The third-order valence-electron chi connectivity index (χ3n) is 1.93. The average molecular weight is 205 g/mol. The van der Waals surface area contributed by atoms with Gasteiger partial charge in [-0.05, 0) is 18.0 Å². The number of carbonyl (C=O) groups excluding carboxylic acids is 1. The highest BCUT2D eigenvalue weighted by Gasteiger charge is 2.12. The maximum absolute atomic E-state index is 10.8. The topological polar surface area (TPSA) is 86.1 Å². The molecular weight excluding hydrogens is 194 g/mol. The molecule has 1 atom stereocenters. The van der Waals surface area contributed by atoms with Gasteiger partial charge in [0, 0.05) is 17.0 Å². The smallest absolute Gasteiger partial charge is 0.132 e. The number of benzene rings is 1. The zero-order chi connectivity index (χ0) is 11.3. The lowest BCUT2D eigenvalue weighted by Gasteiger charge is -2.10. The van der Waals surface area contributed by atoms with E-state index in [4.69, 9.17) is 5.53 Å². The molecule has 0 aliphatic rings. The minimum Gasteiger partial charge on any atom is -0.388 e. The molecule has 1 N–H and O–H groups in total. The molecule has 5 heteroatoms. The molecule has 0 heterocycles. The van der Waals surface area contributed by atoms with Crippen molar-refractivity contribution in [2.75, 3.05) is 0 Å². The predicted octanol–water partition coefficient (Wildman–Crippen LogP) is 2.64. The largest absolute Gasteiger partial charge is 0.388 e. The number of hydrogen-bond acceptors (Lipinski definition) is 3. The van der Waals surface area contributed by atoms with Crippen molar-refractivity contribution in [1.82, 2.24) is 0 Å². The molecule has 0 radical (unpaired) electrons. The van der Waals surface area contributed by atoms with Gasteiger partial charge in [0.1, 0.15) is 5.78 Å². The van der Waals surface area contributed by atoms with E-state index in [0.717, 1.165) is 0 Å². The summed E-state index contributed by atoms with van der Waals surface area (Å²) in [4.78, 5) is 13.5. The van der Waals surface area contributed by atoms with Crippen LogP contribution in [0.1, 0.15) is 25.0 Å². The number of ketones is 1. The molecule has 78 valence electrons. The Morgan fingerprint density at radius 1 is 1.60 bits per heavy atom. The van der Waals surface area contributed by atoms with Crippen molar-refractivity contribution in [2.24, 2.45) is 5.11 Å². The zero-order valence-corrected chi connectivity index (χ0v) is 8.29. The highest BCUT2D eigenvalue weighted by atomic mass is 16.3. The summed E-state index contributed by atoms with van der Waals surface area (Å²) in [6, 6.07) is 6.65. The Morgan fingerprint density at radius 2 is 2.27 bits per heavy atom. The van der Waals surface area contributed by atoms with Crippen molar-refractivity contribution in [3.05, 3.63) is 40.3 Å². The van der Waals surface area contributed by atoms with Crippen LogP contribution in [0.4, 0.5) is 5.69 Å². The van der Waals surface area contributed by atoms with E-state index in [9.17, 15) is 9.90 Å². The molecule has 0 aliphatic carbocycles. The molecule has 0 bridgehead atoms. The van der Waals surface area contributed by atoms with Crippen molar-refractivity contribution in [3.63, 3.8) is 0 Å². The Labute approximate surface area is 87.0 Å². The predicted molar refractivity (Wildman–Crippen MR) is 55.5 cm³/mol. The molecule has 15 heavy (non-hydrogen) atoms. The van der Waals surface area contributed by atoms with Gasteiger partial charge in [-0.3, -0.25) is 4.79 Å². The van der Waals surface area contributed by atoms with Crippen LogP contribution in [0.25, 0.3) is 10.4 Å². The number of Topliss-reactive ketones (excluding diaryl/α,β-unsaturated/α-hetero) is 1. The number of aliphatic hydroxyl groups excluding tert-OH is 1. The van der Waals surface area contributed by atoms with Gasteiger partial charge in [0.25, 0.3) is 0 Å². The maximum Gasteiger partial charge on any atom is 0.132 e. The number of nitrogens with zero attached hydrogens (tertiary/aromatic N) is 3. The van der Waals surface area contributed by atoms with E-state index in [1.807, 2.05) is 0 Å². The van der Waals surface area contributed by atoms with Crippen molar-refractivity contribution in [3.8, 4) is 0 Å². The molecule has 0 aliphatic heterocycles. The van der Waals surface area contributed by atoms with Crippen LogP contribution in [0.2, 0.25) is 0 Å². The minimum atomic E-state index is -0.913. The molecule has 0 unspecified atom stereocenters. The van der Waals surface area contributed by atoms with Gasteiger partial charge in [-0.15, -0.1) is 0 Å². The molecule has 1 aromatic rings. The Bertz CT molecular complexity index is 411. The average Bonchev–Trinajstić information content (AvgIpc) is 2.18. The van der Waals surface area contributed by atoms with Crippen LogP contribution < -0.4 is 0 Å². The summed E-state index contributed by atoms with van der Waals surface area (Å²) in [5.41, 5.74) is 9.15. The standard InChI is InChI=1S/C10H11N3O2/c1-7(14)6-10(15)8-4-2-3-5-9(8)12-13-11/h2-5,10,15H,6H2,1H3/t10-/m1/s1. The van der Waals surface area contributed by atoms with Crippen LogP contribution in [0.5, 0.6) is 0 Å². The number of carbonyl (C=O) groups is 1. The summed E-state index contributed by atoms with van der Waals surface area (Å²) in [6.45, 7) is 1.40. The fourth-order valence-electron chi connectivity index (χ4n) is 1.29. The lowest BCUT2D eigenvalue weighted by Crippen LogP contribution is -2.03. The van der Waals surface area contributed by atoms with E-state index in [-0.39, 0.29) is 12.2 Å². The fourth-order valence-corrected chi connectivity index (χ4v) is 1.29. The summed E-state index contributed by atoms with van der Waals surface area (Å²) >= 11 is 0. The van der Waals surface area contributed by atoms with Crippen LogP contribution >= 0.6 is 0 Å². The van der Waals surface area contributed by atoms with E-state index in [1.165, 1.54) is 6.92 Å². The second kappa shape index (κ2) is 5.14. The quantitative estimate of drug-likeness (QED) is 0.465. The fraction of sp³-hybridized carbons (Fsp3) is 0.300. The summed E-state index contributed by atoms with van der Waals surface area (Å²) in [5, 5.41) is 13.1. The highest BCUT2D eigenvalue weighted by molar-refractivity contribution is 5.76. The van der Waals surface area contributed by atoms with Crippen LogP contribution in [-0.2, 0) is 4.79 Å². The van der Waals surface area contributed by atoms with Crippen LogP contribution in [0, 0.1) is 0 Å². The van der Waals surface area contributed by atoms with E-state index in [0.29, 0.717) is 11.3 Å². The zero-order valence-electron chi connectivity index (χ0n) is 8.29.